The molecule has 0 radical (unpaired) electrons. The Kier molecular flexibility index (Phi) is 5.49. The molecule has 6 nitrogen and oxygen atoms in total. The smallest absolute Gasteiger partial charge is 0.170 e. The molecule has 1 aliphatic rings. The maximum Gasteiger partial charge on any atom is 0.170 e. The van der Waals surface area contributed by atoms with Crippen LogP contribution >= 0.6 is 0 Å². The van der Waals surface area contributed by atoms with Crippen molar-refractivity contribution in [1.82, 2.24) is 10.2 Å². The molecule has 0 aromatic heterocycles. The molecule has 1 saturated heterocycles. The summed E-state index contributed by atoms with van der Waals surface area (Å²) in [6, 6.07) is 4.51. The third-order valence-electron chi connectivity index (χ3n) is 3.49. The van der Waals surface area contributed by atoms with Crippen LogP contribution in [0.2, 0.25) is 0 Å². The molecule has 0 spiro atoms. The number of benzene rings is 1. The number of nitrogens with two attached hydrogens (primary N) is 1. The Morgan fingerprint density at radius 2 is 2.43 bits per heavy atom. The fourth-order valence-electron chi connectivity index (χ4n) is 2.27. The van der Waals surface area contributed by atoms with Crippen LogP contribution < -0.4 is 11.1 Å². The van der Waals surface area contributed by atoms with Gasteiger partial charge in [-0.3, -0.25) is 0 Å². The van der Waals surface area contributed by atoms with Crippen molar-refractivity contribution in [2.75, 3.05) is 33.3 Å². The Hall–Kier alpha value is -1.70. The molecule has 0 bridgehead atoms. The number of likely N-dealkylation sites (N-methyl/N-ethyl adjacent to an activating group) is 1. The Balaban J connectivity index is 1.86. The van der Waals surface area contributed by atoms with Crippen LogP contribution in [0.3, 0.4) is 0 Å². The first-order valence-corrected chi connectivity index (χ1v) is 6.87. The van der Waals surface area contributed by atoms with Gasteiger partial charge in [0.2, 0.25) is 0 Å². The van der Waals surface area contributed by atoms with Crippen LogP contribution in [0.1, 0.15) is 11.1 Å². The summed E-state index contributed by atoms with van der Waals surface area (Å²) in [5.74, 6) is -0.486. The second-order valence-electron chi connectivity index (χ2n) is 5.18. The molecule has 116 valence electrons. The molecule has 1 fully saturated rings. The van der Waals surface area contributed by atoms with Crippen molar-refractivity contribution in [3.05, 3.63) is 35.1 Å². The van der Waals surface area contributed by atoms with Gasteiger partial charge >= 0.3 is 0 Å². The minimum absolute atomic E-state index is 0.105. The van der Waals surface area contributed by atoms with E-state index in [-0.39, 0.29) is 17.8 Å². The molecule has 0 saturated carbocycles. The fourth-order valence-corrected chi connectivity index (χ4v) is 2.27. The predicted molar refractivity (Wildman–Crippen MR) is 77.9 cm³/mol. The molecule has 1 aliphatic heterocycles. The minimum Gasteiger partial charge on any atom is -0.409 e. The average molecular weight is 296 g/mol. The number of hydrogen-bond acceptors (Lipinski definition) is 5. The molecule has 1 heterocycles. The Labute approximate surface area is 123 Å². The van der Waals surface area contributed by atoms with Gasteiger partial charge in [-0.2, -0.15) is 0 Å². The zero-order valence-corrected chi connectivity index (χ0v) is 12.1. The van der Waals surface area contributed by atoms with Gasteiger partial charge in [-0.25, -0.2) is 4.39 Å². The highest BCUT2D eigenvalue weighted by Gasteiger charge is 2.17. The van der Waals surface area contributed by atoms with E-state index in [9.17, 15) is 4.39 Å². The summed E-state index contributed by atoms with van der Waals surface area (Å²) in [7, 11) is 2.06. The summed E-state index contributed by atoms with van der Waals surface area (Å²) in [5, 5.41) is 14.6. The quantitative estimate of drug-likeness (QED) is 0.316. The van der Waals surface area contributed by atoms with Gasteiger partial charge in [0, 0.05) is 37.3 Å². The molecular weight excluding hydrogens is 275 g/mol. The number of ether oxygens (including phenoxy) is 1. The standard InChI is InChI=1S/C14H21FN4O2/c1-19-4-5-21-12(9-19)8-17-7-11-3-2-10(6-13(11)15)14(16)18-20/h2-3,6,12,17,20H,4-5,7-9H2,1H3,(H2,16,18). The van der Waals surface area contributed by atoms with E-state index in [1.165, 1.54) is 6.07 Å². The van der Waals surface area contributed by atoms with Crippen molar-refractivity contribution in [1.29, 1.82) is 0 Å². The van der Waals surface area contributed by atoms with E-state index in [2.05, 4.69) is 22.4 Å². The summed E-state index contributed by atoms with van der Waals surface area (Å²) in [4.78, 5) is 2.21. The maximum absolute atomic E-state index is 13.9. The van der Waals surface area contributed by atoms with E-state index in [1.807, 2.05) is 0 Å². The summed E-state index contributed by atoms with van der Waals surface area (Å²) < 4.78 is 19.5. The van der Waals surface area contributed by atoms with Gasteiger partial charge in [0.15, 0.2) is 5.84 Å². The first-order valence-electron chi connectivity index (χ1n) is 6.87. The third-order valence-corrected chi connectivity index (χ3v) is 3.49. The van der Waals surface area contributed by atoms with Crippen LogP contribution in [-0.4, -0.2) is 55.3 Å². The maximum atomic E-state index is 13.9. The lowest BCUT2D eigenvalue weighted by Gasteiger charge is -2.30. The molecule has 4 N–H and O–H groups in total. The summed E-state index contributed by atoms with van der Waals surface area (Å²) >= 11 is 0. The molecule has 0 aliphatic carbocycles. The number of nitrogens with zero attached hydrogens (tertiary/aromatic N) is 2. The zero-order valence-electron chi connectivity index (χ0n) is 12.1. The van der Waals surface area contributed by atoms with Crippen molar-refractivity contribution in [3.63, 3.8) is 0 Å². The molecule has 1 unspecified atom stereocenters. The average Bonchev–Trinajstić information content (AvgIpc) is 2.48. The van der Waals surface area contributed by atoms with E-state index >= 15 is 0 Å². The van der Waals surface area contributed by atoms with Crippen molar-refractivity contribution < 1.29 is 14.3 Å². The molecule has 7 heteroatoms. The van der Waals surface area contributed by atoms with Crippen LogP contribution in [0, 0.1) is 5.82 Å². The number of rotatable bonds is 5. The van der Waals surface area contributed by atoms with E-state index in [0.717, 1.165) is 19.7 Å². The molecular formula is C14H21FN4O2. The van der Waals surface area contributed by atoms with Crippen molar-refractivity contribution in [2.24, 2.45) is 10.9 Å². The second kappa shape index (κ2) is 7.35. The first-order chi connectivity index (χ1) is 10.1. The van der Waals surface area contributed by atoms with Gasteiger partial charge < -0.3 is 25.9 Å². The van der Waals surface area contributed by atoms with E-state index in [0.29, 0.717) is 24.2 Å². The lowest BCUT2D eigenvalue weighted by Crippen LogP contribution is -2.44. The lowest BCUT2D eigenvalue weighted by atomic mass is 10.1. The zero-order chi connectivity index (χ0) is 15.2. The Morgan fingerprint density at radius 3 is 3.10 bits per heavy atom. The highest BCUT2D eigenvalue weighted by atomic mass is 19.1. The van der Waals surface area contributed by atoms with Crippen LogP contribution in [0.5, 0.6) is 0 Å². The predicted octanol–water partition coefficient (Wildman–Crippen LogP) is 0.340. The molecule has 0 amide bonds. The Bertz CT molecular complexity index is 510. The molecule has 1 atom stereocenters. The number of morpholine rings is 1. The monoisotopic (exact) mass is 296 g/mol. The largest absolute Gasteiger partial charge is 0.409 e. The van der Waals surface area contributed by atoms with Gasteiger partial charge in [0.1, 0.15) is 5.82 Å². The SMILES string of the molecule is CN1CCOC(CNCc2ccc(C(N)=NO)cc2F)C1. The van der Waals surface area contributed by atoms with Gasteiger partial charge in [0.05, 0.1) is 12.7 Å². The topological polar surface area (TPSA) is 83.1 Å². The number of halogens is 1. The second-order valence-corrected chi connectivity index (χ2v) is 5.18. The van der Waals surface area contributed by atoms with Crippen molar-refractivity contribution in [3.8, 4) is 0 Å². The normalized spacial score (nSPS) is 20.7. The number of nitrogens with one attached hydrogen (secondary N) is 1. The fraction of sp³-hybridized carbons (Fsp3) is 0.500. The number of amidine groups is 1. The molecule has 2 rings (SSSR count). The summed E-state index contributed by atoms with van der Waals surface area (Å²) in [6.45, 7) is 3.63. The number of hydrogen-bond donors (Lipinski definition) is 3. The van der Waals surface area contributed by atoms with E-state index in [1.54, 1.807) is 12.1 Å². The third kappa shape index (κ3) is 4.38. The molecule has 21 heavy (non-hydrogen) atoms. The highest BCUT2D eigenvalue weighted by molar-refractivity contribution is 5.97. The van der Waals surface area contributed by atoms with E-state index in [4.69, 9.17) is 15.7 Å². The summed E-state index contributed by atoms with van der Waals surface area (Å²) in [5.41, 5.74) is 6.31. The van der Waals surface area contributed by atoms with Crippen LogP contribution in [-0.2, 0) is 11.3 Å². The number of oxime groups is 1. The van der Waals surface area contributed by atoms with Crippen molar-refractivity contribution in [2.45, 2.75) is 12.6 Å². The van der Waals surface area contributed by atoms with Crippen molar-refractivity contribution >= 4 is 5.84 Å². The van der Waals surface area contributed by atoms with Gasteiger partial charge in [-0.05, 0) is 13.1 Å². The Morgan fingerprint density at radius 1 is 1.62 bits per heavy atom. The van der Waals surface area contributed by atoms with Crippen LogP contribution in [0.4, 0.5) is 4.39 Å². The van der Waals surface area contributed by atoms with E-state index < -0.39 is 0 Å². The molecule has 1 aromatic rings. The summed E-state index contributed by atoms with van der Waals surface area (Å²) in [6.07, 6.45) is 0.128. The minimum atomic E-state index is -0.381. The van der Waals surface area contributed by atoms with Crippen LogP contribution in [0.15, 0.2) is 23.4 Å². The first kappa shape index (κ1) is 15.7. The van der Waals surface area contributed by atoms with Gasteiger partial charge in [-0.15, -0.1) is 0 Å². The lowest BCUT2D eigenvalue weighted by molar-refractivity contribution is -0.0182. The van der Waals surface area contributed by atoms with Gasteiger partial charge in [0.25, 0.3) is 0 Å². The van der Waals surface area contributed by atoms with Crippen LogP contribution in [0.25, 0.3) is 0 Å². The van der Waals surface area contributed by atoms with Gasteiger partial charge in [-0.1, -0.05) is 17.3 Å². The highest BCUT2D eigenvalue weighted by Crippen LogP contribution is 2.11. The molecule has 1 aromatic carbocycles.